The van der Waals surface area contributed by atoms with E-state index in [4.69, 9.17) is 14.2 Å². The van der Waals surface area contributed by atoms with Crippen molar-refractivity contribution in [2.75, 3.05) is 42.1 Å². The zero-order chi connectivity index (χ0) is 40.7. The summed E-state index contributed by atoms with van der Waals surface area (Å²) in [4.78, 5) is 36.6. The molecule has 0 heterocycles. The van der Waals surface area contributed by atoms with Crippen LogP contribution in [0.5, 0.6) is 17.2 Å². The van der Waals surface area contributed by atoms with Gasteiger partial charge in [-0.3, -0.25) is 14.4 Å². The molecule has 0 bridgehead atoms. The summed E-state index contributed by atoms with van der Waals surface area (Å²) in [5.74, 6) is 0.456. The van der Waals surface area contributed by atoms with Gasteiger partial charge in [-0.25, -0.2) is 0 Å². The SMILES string of the molecule is COc1cc(C)c(SCC(F)(F)F)cc1CC(C)=O.COc1cc(C)c(SSc2cc(NC(C)=O)c(OC)cc2C)cc1NC(C)=O.FC(F)(F)CI. The molecule has 3 aromatic carbocycles. The quantitative estimate of drug-likeness (QED) is 0.0604. The molecular weight excluding hydrogens is 881 g/mol. The van der Waals surface area contributed by atoms with E-state index in [1.165, 1.54) is 50.5 Å². The Morgan fingerprint density at radius 2 is 1.02 bits per heavy atom. The standard InChI is InChI=1S/C20H24N2O4S2.C13H15F3O2S.C2H2F3I/c1-11-7-17(25-5)15(21-13(3)23)9-19(11)27-28-20-10-16(22-14(4)24)18(26-6)8-12(20)2;1-8-4-11(18-3)10(5-9(2)17)6-12(8)19-7-13(14,15)16;3-2(4,5)1-6/h7-10H,1-6H3,(H,21,23)(H,22,24);4,6H,5,7H2,1-3H3;1H2. The molecule has 0 unspecified atom stereocenters. The molecule has 0 aliphatic heterocycles. The maximum atomic E-state index is 12.2. The molecular formula is C35H41F6IN2O6S3. The number of methoxy groups -OCH3 is 3. The molecule has 0 aliphatic carbocycles. The molecule has 0 aliphatic rings. The summed E-state index contributed by atoms with van der Waals surface area (Å²) < 4.78 is 84.1. The van der Waals surface area contributed by atoms with Crippen LogP contribution in [-0.4, -0.2) is 61.5 Å². The Morgan fingerprint density at radius 3 is 1.34 bits per heavy atom. The van der Waals surface area contributed by atoms with E-state index in [0.717, 1.165) is 32.7 Å². The number of anilines is 2. The third kappa shape index (κ3) is 18.3. The third-order valence-corrected chi connectivity index (χ3v) is 11.1. The Balaban J connectivity index is 0.000000484. The van der Waals surface area contributed by atoms with Gasteiger partial charge in [-0.2, -0.15) is 26.3 Å². The van der Waals surface area contributed by atoms with Gasteiger partial charge in [0.1, 0.15) is 23.0 Å². The molecule has 0 saturated heterocycles. The highest BCUT2D eigenvalue weighted by Gasteiger charge is 2.28. The average molecular weight is 923 g/mol. The van der Waals surface area contributed by atoms with Crippen molar-refractivity contribution >= 4 is 84.9 Å². The first-order valence-electron chi connectivity index (χ1n) is 15.3. The predicted octanol–water partition coefficient (Wildman–Crippen LogP) is 10.8. The number of nitrogens with one attached hydrogen (secondary N) is 2. The minimum Gasteiger partial charge on any atom is -0.496 e. The highest BCUT2D eigenvalue weighted by atomic mass is 127. The Hall–Kier alpha value is -2.97. The zero-order valence-electron chi connectivity index (χ0n) is 30.4. The van der Waals surface area contributed by atoms with E-state index in [1.54, 1.807) is 54.9 Å². The first-order chi connectivity index (χ1) is 24.5. The van der Waals surface area contributed by atoms with E-state index < -0.39 is 22.5 Å². The van der Waals surface area contributed by atoms with E-state index in [1.807, 2.05) is 38.1 Å². The lowest BCUT2D eigenvalue weighted by Gasteiger charge is -2.15. The molecule has 2 N–H and O–H groups in total. The molecule has 0 atom stereocenters. The largest absolute Gasteiger partial charge is 0.496 e. The van der Waals surface area contributed by atoms with Crippen LogP contribution in [0.2, 0.25) is 0 Å². The van der Waals surface area contributed by atoms with Gasteiger partial charge in [-0.1, -0.05) is 44.2 Å². The molecule has 0 saturated carbocycles. The topological polar surface area (TPSA) is 103 Å². The molecule has 0 radical (unpaired) electrons. The van der Waals surface area contributed by atoms with Crippen LogP contribution in [0.1, 0.15) is 43.0 Å². The maximum Gasteiger partial charge on any atom is 0.398 e. The number of alkyl halides is 7. The van der Waals surface area contributed by atoms with Gasteiger partial charge in [0.2, 0.25) is 11.8 Å². The molecule has 3 aromatic rings. The average Bonchev–Trinajstić information content (AvgIpc) is 3.04. The fourth-order valence-corrected chi connectivity index (χ4v) is 7.46. The third-order valence-electron chi connectivity index (χ3n) is 6.40. The van der Waals surface area contributed by atoms with Gasteiger partial charge >= 0.3 is 12.4 Å². The predicted molar refractivity (Wildman–Crippen MR) is 210 cm³/mol. The van der Waals surface area contributed by atoms with Crippen LogP contribution in [0.15, 0.2) is 51.1 Å². The fraction of sp³-hybridized carbons (Fsp3) is 0.400. The van der Waals surface area contributed by atoms with Crippen molar-refractivity contribution in [1.29, 1.82) is 0 Å². The van der Waals surface area contributed by atoms with E-state index in [9.17, 15) is 40.7 Å². The maximum absolute atomic E-state index is 12.2. The molecule has 0 aromatic heterocycles. The van der Waals surface area contributed by atoms with Crippen molar-refractivity contribution in [3.05, 3.63) is 58.7 Å². The Kier molecular flexibility index (Phi) is 20.3. The van der Waals surface area contributed by atoms with Crippen molar-refractivity contribution < 1.29 is 54.9 Å². The van der Waals surface area contributed by atoms with Crippen molar-refractivity contribution in [3.8, 4) is 17.2 Å². The minimum absolute atomic E-state index is 0.0612. The molecule has 3 rings (SSSR count). The Morgan fingerprint density at radius 1 is 0.642 bits per heavy atom. The molecule has 0 spiro atoms. The van der Waals surface area contributed by atoms with Gasteiger partial charge in [0, 0.05) is 40.5 Å². The van der Waals surface area contributed by atoms with E-state index in [0.29, 0.717) is 44.6 Å². The fourth-order valence-electron chi connectivity index (χ4n) is 4.12. The molecule has 18 heteroatoms. The number of rotatable bonds is 12. The van der Waals surface area contributed by atoms with Crippen LogP contribution in [0, 0.1) is 20.8 Å². The normalized spacial score (nSPS) is 10.9. The highest BCUT2D eigenvalue weighted by molar-refractivity contribution is 14.1. The van der Waals surface area contributed by atoms with Crippen LogP contribution in [0.25, 0.3) is 0 Å². The second kappa shape index (κ2) is 22.4. The lowest BCUT2D eigenvalue weighted by Crippen LogP contribution is -2.11. The van der Waals surface area contributed by atoms with Crippen LogP contribution >= 0.6 is 55.9 Å². The summed E-state index contributed by atoms with van der Waals surface area (Å²) in [5, 5.41) is 5.59. The van der Waals surface area contributed by atoms with Gasteiger partial charge in [-0.15, -0.1) is 11.8 Å². The van der Waals surface area contributed by atoms with E-state index in [2.05, 4.69) is 10.6 Å². The number of hydrogen-bond acceptors (Lipinski definition) is 9. The smallest absolute Gasteiger partial charge is 0.398 e. The summed E-state index contributed by atoms with van der Waals surface area (Å²) in [5.41, 5.74) is 4.67. The van der Waals surface area contributed by atoms with Crippen molar-refractivity contribution in [2.24, 2.45) is 0 Å². The van der Waals surface area contributed by atoms with Gasteiger partial charge in [0.05, 0.1) is 42.9 Å². The number of carbonyl (C=O) groups is 3. The number of hydrogen-bond donors (Lipinski definition) is 2. The number of benzene rings is 3. The van der Waals surface area contributed by atoms with E-state index in [-0.39, 0.29) is 24.0 Å². The second-order valence-corrected chi connectivity index (χ2v) is 15.1. The molecule has 53 heavy (non-hydrogen) atoms. The summed E-state index contributed by atoms with van der Waals surface area (Å²) >= 11 is 1.99. The van der Waals surface area contributed by atoms with Gasteiger partial charge in [-0.05, 0) is 80.8 Å². The van der Waals surface area contributed by atoms with Crippen LogP contribution in [0.3, 0.4) is 0 Å². The highest BCUT2D eigenvalue weighted by Crippen LogP contribution is 2.45. The lowest BCUT2D eigenvalue weighted by atomic mass is 10.1. The van der Waals surface area contributed by atoms with Crippen LogP contribution in [0.4, 0.5) is 37.7 Å². The van der Waals surface area contributed by atoms with Crippen molar-refractivity contribution in [2.45, 2.75) is 75.0 Å². The first-order valence-corrected chi connectivity index (χ1v) is 20.0. The molecule has 2 amide bonds. The van der Waals surface area contributed by atoms with Crippen LogP contribution in [-0.2, 0) is 20.8 Å². The number of ether oxygens (including phenoxy) is 3. The van der Waals surface area contributed by atoms with E-state index >= 15 is 0 Å². The summed E-state index contributed by atoms with van der Waals surface area (Å²) in [6, 6.07) is 10.9. The number of Topliss-reactive ketones (excluding diaryl/α,β-unsaturated/α-hetero) is 1. The minimum atomic E-state index is -4.21. The molecule has 294 valence electrons. The Bertz CT molecular complexity index is 1650. The van der Waals surface area contributed by atoms with Crippen molar-refractivity contribution in [3.63, 3.8) is 0 Å². The second-order valence-electron chi connectivity index (χ2n) is 11.1. The molecule has 8 nitrogen and oxygen atoms in total. The van der Waals surface area contributed by atoms with Gasteiger partial charge in [0.25, 0.3) is 0 Å². The van der Waals surface area contributed by atoms with Crippen LogP contribution < -0.4 is 24.8 Å². The number of amides is 2. The lowest BCUT2D eigenvalue weighted by molar-refractivity contribution is -0.116. The number of ketones is 1. The Labute approximate surface area is 331 Å². The summed E-state index contributed by atoms with van der Waals surface area (Å²) in [6.07, 6.45) is -8.03. The van der Waals surface area contributed by atoms with Gasteiger partial charge < -0.3 is 24.8 Å². The number of aryl methyl sites for hydroxylation is 3. The summed E-state index contributed by atoms with van der Waals surface area (Å²) in [6.45, 7) is 10.1. The first kappa shape index (κ1) is 48.0. The molecule has 0 fully saturated rings. The van der Waals surface area contributed by atoms with Crippen molar-refractivity contribution in [1.82, 2.24) is 0 Å². The number of halogens is 7. The monoisotopic (exact) mass is 922 g/mol. The zero-order valence-corrected chi connectivity index (χ0v) is 35.0. The summed E-state index contributed by atoms with van der Waals surface area (Å²) in [7, 11) is 7.77. The van der Waals surface area contributed by atoms with Gasteiger partial charge in [0.15, 0.2) is 0 Å². The number of carbonyl (C=O) groups excluding carboxylic acids is 3. The number of thioether (sulfide) groups is 1.